The Morgan fingerprint density at radius 1 is 1.03 bits per heavy atom. The predicted molar refractivity (Wildman–Crippen MR) is 121 cm³/mol. The molecule has 0 atom stereocenters. The number of carbonyl (C=O) groups excluding carboxylic acids is 1. The zero-order chi connectivity index (χ0) is 23.4. The molecule has 2 heterocycles. The minimum Gasteiger partial charge on any atom is -0.493 e. The van der Waals surface area contributed by atoms with Crippen molar-refractivity contribution < 1.29 is 28.5 Å². The van der Waals surface area contributed by atoms with Gasteiger partial charge in [0.2, 0.25) is 18.5 Å². The number of hydrogen-bond donors (Lipinski definition) is 2. The second-order valence-corrected chi connectivity index (χ2v) is 7.10. The lowest BCUT2D eigenvalue weighted by Crippen LogP contribution is -2.16. The molecule has 1 amide bonds. The van der Waals surface area contributed by atoms with E-state index in [1.165, 1.54) is 27.5 Å². The van der Waals surface area contributed by atoms with Crippen LogP contribution < -0.4 is 34.3 Å². The summed E-state index contributed by atoms with van der Waals surface area (Å²) in [6, 6.07) is 9.00. The second kappa shape index (κ2) is 9.51. The summed E-state index contributed by atoms with van der Waals surface area (Å²) >= 11 is 0. The summed E-state index contributed by atoms with van der Waals surface area (Å²) in [7, 11) is 4.54. The van der Waals surface area contributed by atoms with Crippen molar-refractivity contribution >= 4 is 17.5 Å². The monoisotopic (exact) mass is 452 g/mol. The van der Waals surface area contributed by atoms with Crippen molar-refractivity contribution in [2.24, 2.45) is 0 Å². The highest BCUT2D eigenvalue weighted by Gasteiger charge is 2.17. The zero-order valence-corrected chi connectivity index (χ0v) is 18.7. The Kier molecular flexibility index (Phi) is 6.34. The molecule has 0 saturated heterocycles. The third-order valence-electron chi connectivity index (χ3n) is 5.03. The fourth-order valence-corrected chi connectivity index (χ4v) is 3.36. The van der Waals surface area contributed by atoms with Crippen LogP contribution >= 0.6 is 0 Å². The van der Waals surface area contributed by atoms with E-state index in [0.29, 0.717) is 52.4 Å². The Balaban J connectivity index is 1.45. The molecule has 0 bridgehead atoms. The van der Waals surface area contributed by atoms with Crippen LogP contribution in [-0.2, 0) is 6.54 Å². The number of ether oxygens (including phenoxy) is 5. The first-order chi connectivity index (χ1) is 16.0. The standard InChI is InChI=1S/C23H24N4O6/c1-13-16(22(28)27-15-8-19(29-2)21(31-4)20(9-15)30-3)11-25-23(26-13)24-10-14-5-6-17-18(7-14)33-12-32-17/h5-9,11H,10,12H2,1-4H3,(H,27,28)(H,24,25,26). The molecule has 0 unspecified atom stereocenters. The van der Waals surface area contributed by atoms with Crippen molar-refractivity contribution in [3.63, 3.8) is 0 Å². The van der Waals surface area contributed by atoms with Crippen molar-refractivity contribution in [1.82, 2.24) is 9.97 Å². The van der Waals surface area contributed by atoms with Gasteiger partial charge in [-0.25, -0.2) is 9.97 Å². The van der Waals surface area contributed by atoms with Gasteiger partial charge < -0.3 is 34.3 Å². The fraction of sp³-hybridized carbons (Fsp3) is 0.261. The smallest absolute Gasteiger partial charge is 0.259 e. The minimum atomic E-state index is -0.357. The largest absolute Gasteiger partial charge is 0.493 e. The zero-order valence-electron chi connectivity index (χ0n) is 18.7. The van der Waals surface area contributed by atoms with Gasteiger partial charge in [0.15, 0.2) is 23.0 Å². The molecule has 0 spiro atoms. The molecule has 0 saturated carbocycles. The molecular formula is C23H24N4O6. The van der Waals surface area contributed by atoms with Crippen LogP contribution in [0.25, 0.3) is 0 Å². The Morgan fingerprint density at radius 2 is 1.76 bits per heavy atom. The van der Waals surface area contributed by atoms with Crippen molar-refractivity contribution in [2.75, 3.05) is 38.8 Å². The van der Waals surface area contributed by atoms with Gasteiger partial charge >= 0.3 is 0 Å². The summed E-state index contributed by atoms with van der Waals surface area (Å²) in [5.74, 6) is 2.80. The summed E-state index contributed by atoms with van der Waals surface area (Å²) in [6.07, 6.45) is 1.48. The van der Waals surface area contributed by atoms with Crippen LogP contribution in [0.15, 0.2) is 36.5 Å². The molecule has 0 aliphatic carbocycles. The molecule has 10 heteroatoms. The van der Waals surface area contributed by atoms with Gasteiger partial charge in [0.05, 0.1) is 32.6 Å². The average Bonchev–Trinajstić information content (AvgIpc) is 3.30. The molecule has 1 aliphatic heterocycles. The maximum Gasteiger partial charge on any atom is 0.259 e. The van der Waals surface area contributed by atoms with E-state index in [-0.39, 0.29) is 12.7 Å². The average molecular weight is 452 g/mol. The lowest BCUT2D eigenvalue weighted by molar-refractivity contribution is 0.102. The molecule has 33 heavy (non-hydrogen) atoms. The SMILES string of the molecule is COc1cc(NC(=O)c2cnc(NCc3ccc4c(c3)OCO4)nc2C)cc(OC)c1OC. The van der Waals surface area contributed by atoms with Gasteiger partial charge in [0.1, 0.15) is 0 Å². The number of carbonyl (C=O) groups is 1. The quantitative estimate of drug-likeness (QED) is 0.531. The van der Waals surface area contributed by atoms with Crippen LogP contribution in [0.1, 0.15) is 21.6 Å². The highest BCUT2D eigenvalue weighted by molar-refractivity contribution is 6.05. The van der Waals surface area contributed by atoms with Gasteiger partial charge in [0.25, 0.3) is 5.91 Å². The highest BCUT2D eigenvalue weighted by atomic mass is 16.7. The number of nitrogens with zero attached hydrogens (tertiary/aromatic N) is 2. The van der Waals surface area contributed by atoms with Gasteiger partial charge in [-0.3, -0.25) is 4.79 Å². The Hall–Kier alpha value is -4.21. The number of benzene rings is 2. The van der Waals surface area contributed by atoms with E-state index < -0.39 is 0 Å². The van der Waals surface area contributed by atoms with Crippen molar-refractivity contribution in [3.8, 4) is 28.7 Å². The van der Waals surface area contributed by atoms with E-state index in [9.17, 15) is 4.79 Å². The lowest BCUT2D eigenvalue weighted by atomic mass is 10.2. The maximum atomic E-state index is 12.8. The molecular weight excluding hydrogens is 428 g/mol. The summed E-state index contributed by atoms with van der Waals surface area (Å²) in [5.41, 5.74) is 2.35. The third-order valence-corrected chi connectivity index (χ3v) is 5.03. The molecule has 0 fully saturated rings. The maximum absolute atomic E-state index is 12.8. The highest BCUT2D eigenvalue weighted by Crippen LogP contribution is 2.40. The Labute approximate surface area is 190 Å². The summed E-state index contributed by atoms with van der Waals surface area (Å²) in [6.45, 7) is 2.47. The molecule has 10 nitrogen and oxygen atoms in total. The summed E-state index contributed by atoms with van der Waals surface area (Å²) in [5, 5.41) is 5.97. The number of anilines is 2. The molecule has 1 aromatic heterocycles. The van der Waals surface area contributed by atoms with Crippen molar-refractivity contribution in [3.05, 3.63) is 53.3 Å². The number of aryl methyl sites for hydroxylation is 1. The van der Waals surface area contributed by atoms with E-state index in [0.717, 1.165) is 11.3 Å². The van der Waals surface area contributed by atoms with Gasteiger partial charge in [-0.2, -0.15) is 0 Å². The van der Waals surface area contributed by atoms with E-state index >= 15 is 0 Å². The number of amides is 1. The van der Waals surface area contributed by atoms with E-state index in [1.54, 1.807) is 19.1 Å². The topological polar surface area (TPSA) is 113 Å². The number of hydrogen-bond acceptors (Lipinski definition) is 9. The second-order valence-electron chi connectivity index (χ2n) is 7.10. The van der Waals surface area contributed by atoms with Gasteiger partial charge in [-0.05, 0) is 24.6 Å². The number of methoxy groups -OCH3 is 3. The van der Waals surface area contributed by atoms with Crippen LogP contribution in [0.3, 0.4) is 0 Å². The van der Waals surface area contributed by atoms with E-state index in [2.05, 4.69) is 20.6 Å². The summed E-state index contributed by atoms with van der Waals surface area (Å²) < 4.78 is 26.7. The molecule has 1 aliphatic rings. The van der Waals surface area contributed by atoms with Gasteiger partial charge in [-0.1, -0.05) is 6.07 Å². The van der Waals surface area contributed by atoms with E-state index in [1.807, 2.05) is 18.2 Å². The number of aromatic nitrogens is 2. The van der Waals surface area contributed by atoms with Crippen molar-refractivity contribution in [1.29, 1.82) is 0 Å². The normalized spacial score (nSPS) is 11.6. The third kappa shape index (κ3) is 4.69. The Bertz CT molecular complexity index is 1160. The summed E-state index contributed by atoms with van der Waals surface area (Å²) in [4.78, 5) is 21.5. The molecule has 4 rings (SSSR count). The number of fused-ring (bicyclic) bond motifs is 1. The molecule has 172 valence electrons. The van der Waals surface area contributed by atoms with Crippen LogP contribution in [0.4, 0.5) is 11.6 Å². The van der Waals surface area contributed by atoms with E-state index in [4.69, 9.17) is 23.7 Å². The molecule has 3 aromatic rings. The Morgan fingerprint density at radius 3 is 2.42 bits per heavy atom. The number of rotatable bonds is 8. The van der Waals surface area contributed by atoms with Gasteiger partial charge in [-0.15, -0.1) is 0 Å². The van der Waals surface area contributed by atoms with Crippen molar-refractivity contribution in [2.45, 2.75) is 13.5 Å². The first-order valence-corrected chi connectivity index (χ1v) is 10.1. The molecule has 2 aromatic carbocycles. The lowest BCUT2D eigenvalue weighted by Gasteiger charge is -2.15. The van der Waals surface area contributed by atoms with Crippen LogP contribution in [-0.4, -0.2) is 44.0 Å². The van der Waals surface area contributed by atoms with Crippen LogP contribution in [0.5, 0.6) is 28.7 Å². The van der Waals surface area contributed by atoms with Crippen LogP contribution in [0, 0.1) is 6.92 Å². The minimum absolute atomic E-state index is 0.230. The fourth-order valence-electron chi connectivity index (χ4n) is 3.36. The molecule has 2 N–H and O–H groups in total. The molecule has 0 radical (unpaired) electrons. The predicted octanol–water partition coefficient (Wildman–Crippen LogP) is 3.40. The first-order valence-electron chi connectivity index (χ1n) is 10.1. The van der Waals surface area contributed by atoms with Gasteiger partial charge in [0, 0.05) is 30.6 Å². The van der Waals surface area contributed by atoms with Crippen LogP contribution in [0.2, 0.25) is 0 Å². The first kappa shape index (κ1) is 22.0. The number of nitrogens with one attached hydrogen (secondary N) is 2.